The number of halogens is 1. The molecule has 4 heteroatoms. The van der Waals surface area contributed by atoms with Gasteiger partial charge in [0.2, 0.25) is 0 Å². The van der Waals surface area contributed by atoms with Gasteiger partial charge in [-0.05, 0) is 23.8 Å². The fraction of sp³-hybridized carbons (Fsp3) is 0. The maximum absolute atomic E-state index is 11.9. The first-order valence-corrected chi connectivity index (χ1v) is 5.83. The van der Waals surface area contributed by atoms with Crippen molar-refractivity contribution in [2.24, 2.45) is 0 Å². The zero-order valence-corrected chi connectivity index (χ0v) is 11.4. The Morgan fingerprint density at radius 1 is 1.00 bits per heavy atom. The van der Waals surface area contributed by atoms with E-state index in [0.29, 0.717) is 5.56 Å². The number of benzene rings is 2. The Balaban J connectivity index is 0.00000200. The summed E-state index contributed by atoms with van der Waals surface area (Å²) in [5, 5.41) is 11.6. The number of carbonyl (C=O) groups excluding carboxylic acids is 1. The first-order valence-electron chi connectivity index (χ1n) is 5.83. The number of amides is 1. The summed E-state index contributed by atoms with van der Waals surface area (Å²) >= 11 is 0. The van der Waals surface area contributed by atoms with Crippen molar-refractivity contribution in [3.8, 4) is 6.07 Å². The highest BCUT2D eigenvalue weighted by atomic mass is 35.5. The molecule has 0 unspecified atom stereocenters. The minimum Gasteiger partial charge on any atom is -0.313 e. The van der Waals surface area contributed by atoms with Gasteiger partial charge in [-0.15, -0.1) is 12.4 Å². The van der Waals surface area contributed by atoms with Gasteiger partial charge in [0.05, 0.1) is 0 Å². The Kier molecular flexibility index (Phi) is 6.02. The van der Waals surface area contributed by atoms with Crippen molar-refractivity contribution in [2.75, 3.05) is 0 Å². The first kappa shape index (κ1) is 15.5. The molecule has 0 atom stereocenters. The molecule has 0 saturated carbocycles. The summed E-state index contributed by atoms with van der Waals surface area (Å²) in [6.45, 7) is 0. The molecule has 0 heterocycles. The smallest absolute Gasteiger partial charge is 0.256 e. The number of carbonyl (C=O) groups is 1. The Morgan fingerprint density at radius 2 is 1.55 bits per heavy atom. The third kappa shape index (κ3) is 4.27. The summed E-state index contributed by atoms with van der Waals surface area (Å²) in [4.78, 5) is 11.9. The standard InChI is InChI=1S/C16H12N2O.ClH/c17-12-15(11-13-7-3-1-4-8-13)18-16(19)14-9-5-2-6-10-14;/h1-11H,(H,18,19);1H. The van der Waals surface area contributed by atoms with E-state index in [2.05, 4.69) is 5.32 Å². The van der Waals surface area contributed by atoms with Gasteiger partial charge in [-0.3, -0.25) is 4.79 Å². The van der Waals surface area contributed by atoms with Gasteiger partial charge in [0, 0.05) is 5.56 Å². The highest BCUT2D eigenvalue weighted by Crippen LogP contribution is 2.05. The van der Waals surface area contributed by atoms with E-state index >= 15 is 0 Å². The fourth-order valence-corrected chi connectivity index (χ4v) is 1.60. The van der Waals surface area contributed by atoms with E-state index < -0.39 is 0 Å². The van der Waals surface area contributed by atoms with Crippen LogP contribution in [-0.2, 0) is 0 Å². The summed E-state index contributed by atoms with van der Waals surface area (Å²) in [5.41, 5.74) is 1.61. The minimum atomic E-state index is -0.288. The van der Waals surface area contributed by atoms with E-state index in [-0.39, 0.29) is 24.0 Å². The SMILES string of the molecule is Cl.N#CC(=Cc1ccccc1)NC(=O)c1ccccc1. The van der Waals surface area contributed by atoms with Crippen molar-refractivity contribution in [2.45, 2.75) is 0 Å². The number of allylic oxidation sites excluding steroid dienone is 1. The normalized spacial score (nSPS) is 10.1. The molecule has 0 bridgehead atoms. The van der Waals surface area contributed by atoms with Crippen LogP contribution in [0.15, 0.2) is 66.4 Å². The molecule has 20 heavy (non-hydrogen) atoms. The van der Waals surface area contributed by atoms with Crippen LogP contribution in [0, 0.1) is 11.3 Å². The van der Waals surface area contributed by atoms with Crippen LogP contribution in [0.5, 0.6) is 0 Å². The molecule has 0 aromatic heterocycles. The Bertz CT molecular complexity index is 631. The van der Waals surface area contributed by atoms with Crippen LogP contribution in [0.25, 0.3) is 6.08 Å². The quantitative estimate of drug-likeness (QED) is 0.878. The molecular weight excluding hydrogens is 272 g/mol. The summed E-state index contributed by atoms with van der Waals surface area (Å²) < 4.78 is 0. The lowest BCUT2D eigenvalue weighted by Crippen LogP contribution is -2.21. The maximum atomic E-state index is 11.9. The van der Waals surface area contributed by atoms with Gasteiger partial charge in [0.1, 0.15) is 11.8 Å². The number of hydrogen-bond donors (Lipinski definition) is 1. The first-order chi connectivity index (χ1) is 9.29. The Labute approximate surface area is 124 Å². The lowest BCUT2D eigenvalue weighted by molar-refractivity contribution is 0.0968. The van der Waals surface area contributed by atoms with Crippen LogP contribution >= 0.6 is 12.4 Å². The third-order valence-corrected chi connectivity index (χ3v) is 2.52. The van der Waals surface area contributed by atoms with Crippen molar-refractivity contribution in [3.63, 3.8) is 0 Å². The van der Waals surface area contributed by atoms with E-state index in [1.54, 1.807) is 30.3 Å². The molecule has 1 N–H and O–H groups in total. The average Bonchev–Trinajstić information content (AvgIpc) is 2.48. The topological polar surface area (TPSA) is 52.9 Å². The number of nitriles is 1. The number of nitrogens with one attached hydrogen (secondary N) is 1. The highest BCUT2D eigenvalue weighted by Gasteiger charge is 2.06. The predicted octanol–water partition coefficient (Wildman–Crippen LogP) is 3.40. The fourth-order valence-electron chi connectivity index (χ4n) is 1.60. The molecule has 0 aliphatic rings. The maximum Gasteiger partial charge on any atom is 0.256 e. The number of nitrogens with zero attached hydrogens (tertiary/aromatic N) is 1. The largest absolute Gasteiger partial charge is 0.313 e. The van der Waals surface area contributed by atoms with Crippen LogP contribution in [0.2, 0.25) is 0 Å². The molecule has 0 spiro atoms. The summed E-state index contributed by atoms with van der Waals surface area (Å²) in [6, 6.07) is 20.2. The molecule has 2 aromatic carbocycles. The molecule has 0 fully saturated rings. The molecule has 2 aromatic rings. The van der Waals surface area contributed by atoms with Crippen LogP contribution in [0.4, 0.5) is 0 Å². The van der Waals surface area contributed by atoms with Gasteiger partial charge in [-0.1, -0.05) is 48.5 Å². The molecule has 0 aliphatic carbocycles. The molecule has 2 rings (SSSR count). The van der Waals surface area contributed by atoms with E-state index in [4.69, 9.17) is 5.26 Å². The Hall–Kier alpha value is -2.57. The van der Waals surface area contributed by atoms with Crippen LogP contribution in [0.1, 0.15) is 15.9 Å². The molecular formula is C16H13ClN2O. The third-order valence-electron chi connectivity index (χ3n) is 2.52. The molecule has 0 aliphatic heterocycles. The zero-order valence-electron chi connectivity index (χ0n) is 10.6. The predicted molar refractivity (Wildman–Crippen MR) is 81.2 cm³/mol. The second-order valence-corrected chi connectivity index (χ2v) is 3.90. The monoisotopic (exact) mass is 284 g/mol. The van der Waals surface area contributed by atoms with Gasteiger partial charge in [-0.25, -0.2) is 0 Å². The second kappa shape index (κ2) is 7.78. The van der Waals surface area contributed by atoms with Crippen molar-refractivity contribution < 1.29 is 4.79 Å². The van der Waals surface area contributed by atoms with Gasteiger partial charge in [0.25, 0.3) is 5.91 Å². The van der Waals surface area contributed by atoms with E-state index in [1.807, 2.05) is 42.5 Å². The second-order valence-electron chi connectivity index (χ2n) is 3.90. The van der Waals surface area contributed by atoms with Crippen molar-refractivity contribution in [1.29, 1.82) is 5.26 Å². The van der Waals surface area contributed by atoms with E-state index in [0.717, 1.165) is 5.56 Å². The van der Waals surface area contributed by atoms with Gasteiger partial charge >= 0.3 is 0 Å². The zero-order chi connectivity index (χ0) is 13.5. The lowest BCUT2D eigenvalue weighted by Gasteiger charge is -2.03. The average molecular weight is 285 g/mol. The Morgan fingerprint density at radius 3 is 2.10 bits per heavy atom. The number of rotatable bonds is 3. The molecule has 1 amide bonds. The summed E-state index contributed by atoms with van der Waals surface area (Å²) in [7, 11) is 0. The van der Waals surface area contributed by atoms with Crippen LogP contribution in [-0.4, -0.2) is 5.91 Å². The lowest BCUT2D eigenvalue weighted by atomic mass is 10.2. The van der Waals surface area contributed by atoms with Crippen molar-refractivity contribution >= 4 is 24.4 Å². The van der Waals surface area contributed by atoms with Crippen molar-refractivity contribution in [3.05, 3.63) is 77.5 Å². The van der Waals surface area contributed by atoms with Crippen LogP contribution < -0.4 is 5.32 Å². The minimum absolute atomic E-state index is 0. The summed E-state index contributed by atoms with van der Waals surface area (Å²) in [6.07, 6.45) is 1.64. The van der Waals surface area contributed by atoms with Gasteiger partial charge < -0.3 is 5.32 Å². The molecule has 3 nitrogen and oxygen atoms in total. The van der Waals surface area contributed by atoms with Gasteiger partial charge in [0.15, 0.2) is 0 Å². The molecule has 0 radical (unpaired) electrons. The molecule has 100 valence electrons. The number of hydrogen-bond acceptors (Lipinski definition) is 2. The molecule has 0 saturated heterocycles. The van der Waals surface area contributed by atoms with Crippen molar-refractivity contribution in [1.82, 2.24) is 5.32 Å². The highest BCUT2D eigenvalue weighted by molar-refractivity contribution is 5.96. The summed E-state index contributed by atoms with van der Waals surface area (Å²) in [5.74, 6) is -0.288. The van der Waals surface area contributed by atoms with E-state index in [1.165, 1.54) is 0 Å². The van der Waals surface area contributed by atoms with Crippen LogP contribution in [0.3, 0.4) is 0 Å². The van der Waals surface area contributed by atoms with E-state index in [9.17, 15) is 4.79 Å². The van der Waals surface area contributed by atoms with Gasteiger partial charge in [-0.2, -0.15) is 5.26 Å².